The van der Waals surface area contributed by atoms with E-state index in [9.17, 15) is 10.1 Å². The number of nitrogens with zero attached hydrogens (tertiary/aromatic N) is 1. The molecule has 31 heavy (non-hydrogen) atoms. The molecular weight excluding hydrogens is 384 g/mol. The molecule has 0 radical (unpaired) electrons. The van der Waals surface area contributed by atoms with Crippen LogP contribution in [0.15, 0.2) is 84.4 Å². The van der Waals surface area contributed by atoms with Gasteiger partial charge in [-0.3, -0.25) is 4.79 Å². The molecule has 0 aliphatic carbocycles. The van der Waals surface area contributed by atoms with E-state index in [-0.39, 0.29) is 11.5 Å². The van der Waals surface area contributed by atoms with Crippen molar-refractivity contribution < 1.29 is 9.53 Å². The summed E-state index contributed by atoms with van der Waals surface area (Å²) in [6, 6.07) is 27.7. The highest BCUT2D eigenvalue weighted by Crippen LogP contribution is 2.22. The summed E-state index contributed by atoms with van der Waals surface area (Å²) in [5.74, 6) is 0.261. The van der Waals surface area contributed by atoms with Crippen LogP contribution in [0.4, 0.5) is 0 Å². The maximum absolute atomic E-state index is 12.5. The summed E-state index contributed by atoms with van der Waals surface area (Å²) in [7, 11) is 0. The smallest absolute Gasteiger partial charge is 0.261 e. The topological polar surface area (TPSA) is 62.1 Å². The molecule has 3 aromatic rings. The zero-order chi connectivity index (χ0) is 21.9. The summed E-state index contributed by atoms with van der Waals surface area (Å²) in [5, 5.41) is 12.3. The molecule has 0 aliphatic rings. The number of hydrogen-bond donors (Lipinski definition) is 1. The van der Waals surface area contributed by atoms with Crippen molar-refractivity contribution in [3.63, 3.8) is 0 Å². The van der Waals surface area contributed by atoms with Crippen molar-refractivity contribution in [3.8, 4) is 11.8 Å². The molecule has 0 heterocycles. The Bertz CT molecular complexity index is 1060. The van der Waals surface area contributed by atoms with E-state index in [2.05, 4.69) is 17.4 Å². The lowest BCUT2D eigenvalue weighted by atomic mass is 10.1. The van der Waals surface area contributed by atoms with Crippen LogP contribution >= 0.6 is 0 Å². The minimum absolute atomic E-state index is 0.0612. The van der Waals surface area contributed by atoms with Crippen LogP contribution in [0.25, 0.3) is 6.08 Å². The van der Waals surface area contributed by atoms with Crippen molar-refractivity contribution in [1.29, 1.82) is 5.26 Å². The highest BCUT2D eigenvalue weighted by Gasteiger charge is 2.10. The number of benzene rings is 3. The first kappa shape index (κ1) is 21.9. The number of ether oxygens (including phenoxy) is 1. The van der Waals surface area contributed by atoms with Crippen LogP contribution in [-0.4, -0.2) is 12.5 Å². The number of rotatable bonds is 9. The average molecular weight is 411 g/mol. The number of carbonyl (C=O) groups excluding carboxylic acids is 1. The van der Waals surface area contributed by atoms with Gasteiger partial charge in [0.15, 0.2) is 0 Å². The van der Waals surface area contributed by atoms with Gasteiger partial charge in [-0.2, -0.15) is 5.26 Å². The first-order chi connectivity index (χ1) is 15.2. The Labute approximate surface area is 183 Å². The maximum Gasteiger partial charge on any atom is 0.261 e. The van der Waals surface area contributed by atoms with Crippen LogP contribution in [0, 0.1) is 18.3 Å². The van der Waals surface area contributed by atoms with Crippen molar-refractivity contribution >= 4 is 12.0 Å². The van der Waals surface area contributed by atoms with Crippen LogP contribution in [0.5, 0.6) is 5.75 Å². The molecule has 1 N–H and O–H groups in total. The standard InChI is InChI=1S/C27H26N2O2/c1-21-13-15-23(16-14-21)20-31-26-12-6-5-11-24(26)18-25(19-28)27(30)29-17-7-10-22-8-3-2-4-9-22/h2-6,8-9,11-16,18H,7,10,17,20H2,1H3,(H,29,30)/b25-18-. The van der Waals surface area contributed by atoms with Gasteiger partial charge in [-0.1, -0.05) is 78.4 Å². The van der Waals surface area contributed by atoms with Crippen LogP contribution in [0.2, 0.25) is 0 Å². The van der Waals surface area contributed by atoms with Crippen LogP contribution in [0.3, 0.4) is 0 Å². The lowest BCUT2D eigenvalue weighted by molar-refractivity contribution is -0.117. The van der Waals surface area contributed by atoms with E-state index < -0.39 is 0 Å². The summed E-state index contributed by atoms with van der Waals surface area (Å²) in [5.41, 5.74) is 4.24. The van der Waals surface area contributed by atoms with E-state index in [0.717, 1.165) is 18.4 Å². The molecule has 0 fully saturated rings. The van der Waals surface area contributed by atoms with Crippen molar-refractivity contribution in [2.75, 3.05) is 6.54 Å². The summed E-state index contributed by atoms with van der Waals surface area (Å²) in [6.07, 6.45) is 3.27. The number of carbonyl (C=O) groups is 1. The Kier molecular flexibility index (Phi) is 8.02. The second-order valence-corrected chi connectivity index (χ2v) is 7.33. The van der Waals surface area contributed by atoms with E-state index in [1.807, 2.05) is 79.7 Å². The fraction of sp³-hybridized carbons (Fsp3) is 0.185. The van der Waals surface area contributed by atoms with Crippen LogP contribution in [-0.2, 0) is 17.8 Å². The highest BCUT2D eigenvalue weighted by atomic mass is 16.5. The Balaban J connectivity index is 1.59. The predicted molar refractivity (Wildman–Crippen MR) is 123 cm³/mol. The van der Waals surface area contributed by atoms with Gasteiger partial charge < -0.3 is 10.1 Å². The second kappa shape index (κ2) is 11.4. The first-order valence-corrected chi connectivity index (χ1v) is 10.4. The van der Waals surface area contributed by atoms with Gasteiger partial charge in [-0.15, -0.1) is 0 Å². The molecular formula is C27H26N2O2. The average Bonchev–Trinajstić information content (AvgIpc) is 2.81. The zero-order valence-corrected chi connectivity index (χ0v) is 17.7. The van der Waals surface area contributed by atoms with Gasteiger partial charge >= 0.3 is 0 Å². The number of amides is 1. The van der Waals surface area contributed by atoms with E-state index in [1.54, 1.807) is 6.08 Å². The van der Waals surface area contributed by atoms with Gasteiger partial charge in [0, 0.05) is 12.1 Å². The molecule has 1 amide bonds. The number of hydrogen-bond acceptors (Lipinski definition) is 3. The third-order valence-electron chi connectivity index (χ3n) is 4.87. The van der Waals surface area contributed by atoms with Crippen molar-refractivity contribution in [3.05, 3.63) is 107 Å². The molecule has 0 spiro atoms. The first-order valence-electron chi connectivity index (χ1n) is 10.4. The molecule has 0 saturated heterocycles. The van der Waals surface area contributed by atoms with E-state index in [0.29, 0.717) is 24.5 Å². The largest absolute Gasteiger partial charge is 0.488 e. The van der Waals surface area contributed by atoms with Gasteiger partial charge in [-0.25, -0.2) is 0 Å². The molecule has 4 heteroatoms. The Morgan fingerprint density at radius 1 is 0.968 bits per heavy atom. The van der Waals surface area contributed by atoms with Gasteiger partial charge in [-0.05, 0) is 43.0 Å². The summed E-state index contributed by atoms with van der Waals surface area (Å²) in [6.45, 7) is 2.97. The molecule has 0 saturated carbocycles. The number of nitriles is 1. The van der Waals surface area contributed by atoms with E-state index in [1.165, 1.54) is 11.1 Å². The Morgan fingerprint density at radius 2 is 1.68 bits per heavy atom. The number of para-hydroxylation sites is 1. The van der Waals surface area contributed by atoms with Gasteiger partial charge in [0.05, 0.1) is 0 Å². The minimum atomic E-state index is -0.371. The molecule has 156 valence electrons. The minimum Gasteiger partial charge on any atom is -0.488 e. The summed E-state index contributed by atoms with van der Waals surface area (Å²) >= 11 is 0. The van der Waals surface area contributed by atoms with E-state index in [4.69, 9.17) is 4.74 Å². The maximum atomic E-state index is 12.5. The van der Waals surface area contributed by atoms with Crippen LogP contribution in [0.1, 0.15) is 28.7 Å². The molecule has 3 aromatic carbocycles. The number of aryl methyl sites for hydroxylation is 2. The van der Waals surface area contributed by atoms with Gasteiger partial charge in [0.25, 0.3) is 5.91 Å². The fourth-order valence-corrected chi connectivity index (χ4v) is 3.12. The monoisotopic (exact) mass is 410 g/mol. The van der Waals surface area contributed by atoms with Gasteiger partial charge in [0.2, 0.25) is 0 Å². The van der Waals surface area contributed by atoms with Gasteiger partial charge in [0.1, 0.15) is 24.0 Å². The Hall–Kier alpha value is -3.84. The summed E-state index contributed by atoms with van der Waals surface area (Å²) in [4.78, 5) is 12.5. The molecule has 0 bridgehead atoms. The third kappa shape index (κ3) is 6.87. The highest BCUT2D eigenvalue weighted by molar-refractivity contribution is 6.01. The molecule has 0 aromatic heterocycles. The molecule has 0 aliphatic heterocycles. The third-order valence-corrected chi connectivity index (χ3v) is 4.87. The lowest BCUT2D eigenvalue weighted by Gasteiger charge is -2.10. The van der Waals surface area contributed by atoms with Crippen LogP contribution < -0.4 is 10.1 Å². The van der Waals surface area contributed by atoms with Crippen molar-refractivity contribution in [1.82, 2.24) is 5.32 Å². The number of nitrogens with one attached hydrogen (secondary N) is 1. The van der Waals surface area contributed by atoms with Crippen molar-refractivity contribution in [2.24, 2.45) is 0 Å². The van der Waals surface area contributed by atoms with E-state index >= 15 is 0 Å². The lowest BCUT2D eigenvalue weighted by Crippen LogP contribution is -2.25. The fourth-order valence-electron chi connectivity index (χ4n) is 3.12. The molecule has 0 atom stereocenters. The normalized spacial score (nSPS) is 10.9. The SMILES string of the molecule is Cc1ccc(COc2ccccc2/C=C(/C#N)C(=O)NCCCc2ccccc2)cc1. The van der Waals surface area contributed by atoms with Crippen molar-refractivity contribution in [2.45, 2.75) is 26.4 Å². The zero-order valence-electron chi connectivity index (χ0n) is 17.7. The quantitative estimate of drug-likeness (QED) is 0.298. The predicted octanol–water partition coefficient (Wildman–Crippen LogP) is 5.23. The molecule has 0 unspecified atom stereocenters. The second-order valence-electron chi connectivity index (χ2n) is 7.33. The Morgan fingerprint density at radius 3 is 2.42 bits per heavy atom. The molecule has 4 nitrogen and oxygen atoms in total. The molecule has 3 rings (SSSR count). The summed E-state index contributed by atoms with van der Waals surface area (Å²) < 4.78 is 5.95.